The molecule has 0 amide bonds. The van der Waals surface area contributed by atoms with E-state index < -0.39 is 17.6 Å². The van der Waals surface area contributed by atoms with Crippen molar-refractivity contribution < 1.29 is 27.1 Å². The van der Waals surface area contributed by atoms with Crippen molar-refractivity contribution in [2.45, 2.75) is 69.6 Å². The fraction of sp³-hybridized carbons (Fsp3) is 0.565. The maximum Gasteiger partial charge on any atom is 0.416 e. The van der Waals surface area contributed by atoms with Crippen LogP contribution in [0.25, 0.3) is 0 Å². The Hall–Kier alpha value is -2.36. The van der Waals surface area contributed by atoms with Gasteiger partial charge in [-0.2, -0.15) is 22.8 Å². The van der Waals surface area contributed by atoms with Gasteiger partial charge < -0.3 is 4.74 Å². The van der Waals surface area contributed by atoms with Crippen molar-refractivity contribution in [2.24, 2.45) is 11.8 Å². The Bertz CT molecular complexity index is 794. The van der Waals surface area contributed by atoms with E-state index in [0.29, 0.717) is 38.5 Å². The van der Waals surface area contributed by atoms with Gasteiger partial charge in [0.05, 0.1) is 11.5 Å². The SMILES string of the molecule is N#CC(F)=C[C@H]1CC[C@H](OC(=O)[C@H]2CC[C@H](c3ccc(C(F)(F)F)cc3)CC2)CC1. The summed E-state index contributed by atoms with van der Waals surface area (Å²) in [6.45, 7) is 0. The molecule has 2 fully saturated rings. The molecular weight excluding hydrogens is 398 g/mol. The van der Waals surface area contributed by atoms with E-state index in [-0.39, 0.29) is 29.8 Å². The Morgan fingerprint density at radius 1 is 1.00 bits per heavy atom. The summed E-state index contributed by atoms with van der Waals surface area (Å²) in [6.07, 6.45) is 2.36. The van der Waals surface area contributed by atoms with E-state index in [9.17, 15) is 22.4 Å². The number of benzene rings is 1. The first-order valence-corrected chi connectivity index (χ1v) is 10.4. The van der Waals surface area contributed by atoms with E-state index in [2.05, 4.69) is 0 Å². The third-order valence-corrected chi connectivity index (χ3v) is 6.26. The summed E-state index contributed by atoms with van der Waals surface area (Å²) in [6, 6.07) is 6.78. The number of nitriles is 1. The summed E-state index contributed by atoms with van der Waals surface area (Å²) in [5.41, 5.74) is 0.231. The summed E-state index contributed by atoms with van der Waals surface area (Å²) in [7, 11) is 0. The molecule has 162 valence electrons. The average Bonchev–Trinajstić information content (AvgIpc) is 2.74. The lowest BCUT2D eigenvalue weighted by atomic mass is 9.78. The third-order valence-electron chi connectivity index (χ3n) is 6.26. The second-order valence-electron chi connectivity index (χ2n) is 8.27. The second-order valence-corrected chi connectivity index (χ2v) is 8.27. The summed E-state index contributed by atoms with van der Waals surface area (Å²) in [5, 5.41) is 8.51. The zero-order valence-electron chi connectivity index (χ0n) is 16.6. The molecule has 0 saturated heterocycles. The predicted octanol–water partition coefficient (Wildman–Crippen LogP) is 6.46. The van der Waals surface area contributed by atoms with E-state index in [4.69, 9.17) is 10.00 Å². The number of ether oxygens (including phenoxy) is 1. The minimum atomic E-state index is -4.33. The van der Waals surface area contributed by atoms with Crippen molar-refractivity contribution in [1.82, 2.24) is 0 Å². The van der Waals surface area contributed by atoms with E-state index >= 15 is 0 Å². The maximum atomic E-state index is 13.1. The van der Waals surface area contributed by atoms with Crippen LogP contribution in [-0.2, 0) is 15.7 Å². The van der Waals surface area contributed by atoms with Gasteiger partial charge in [-0.25, -0.2) is 0 Å². The van der Waals surface area contributed by atoms with Crippen LogP contribution in [0.4, 0.5) is 17.6 Å². The normalized spacial score (nSPS) is 27.9. The van der Waals surface area contributed by atoms with Crippen LogP contribution >= 0.6 is 0 Å². The van der Waals surface area contributed by atoms with E-state index in [1.165, 1.54) is 24.3 Å². The second kappa shape index (κ2) is 9.63. The lowest BCUT2D eigenvalue weighted by Gasteiger charge is -2.31. The van der Waals surface area contributed by atoms with Crippen LogP contribution < -0.4 is 0 Å². The lowest BCUT2D eigenvalue weighted by molar-refractivity contribution is -0.157. The van der Waals surface area contributed by atoms with Crippen LogP contribution in [0.15, 0.2) is 36.2 Å². The standard InChI is InChI=1S/C23H25F4NO2/c24-20(14-28)13-15-1-11-21(12-2-15)30-22(29)18-5-3-16(4-6-18)17-7-9-19(10-8-17)23(25,26)27/h7-10,13,15-16,18,21H,1-6,11-12H2/t15-,16-,18-,21-. The molecule has 0 spiro atoms. The highest BCUT2D eigenvalue weighted by Gasteiger charge is 2.33. The molecule has 30 heavy (non-hydrogen) atoms. The van der Waals surface area contributed by atoms with Gasteiger partial charge in [0, 0.05) is 0 Å². The fourth-order valence-electron chi connectivity index (χ4n) is 4.48. The van der Waals surface area contributed by atoms with Gasteiger partial charge in [-0.3, -0.25) is 4.79 Å². The summed E-state index contributed by atoms with van der Waals surface area (Å²) >= 11 is 0. The highest BCUT2D eigenvalue weighted by atomic mass is 19.4. The first kappa shape index (κ1) is 22.3. The Labute approximate surface area is 173 Å². The first-order chi connectivity index (χ1) is 14.3. The zero-order valence-corrected chi connectivity index (χ0v) is 16.6. The van der Waals surface area contributed by atoms with Gasteiger partial charge in [-0.15, -0.1) is 0 Å². The number of carbonyl (C=O) groups is 1. The van der Waals surface area contributed by atoms with Gasteiger partial charge in [0.25, 0.3) is 0 Å². The molecule has 0 aromatic heterocycles. The van der Waals surface area contributed by atoms with Crippen LogP contribution in [0.1, 0.15) is 68.4 Å². The minimum Gasteiger partial charge on any atom is -0.462 e. The Morgan fingerprint density at radius 3 is 2.13 bits per heavy atom. The minimum absolute atomic E-state index is 0.0128. The number of esters is 1. The summed E-state index contributed by atoms with van der Waals surface area (Å²) in [4.78, 5) is 12.5. The van der Waals surface area contributed by atoms with Crippen LogP contribution in [-0.4, -0.2) is 12.1 Å². The Morgan fingerprint density at radius 2 is 1.60 bits per heavy atom. The highest BCUT2D eigenvalue weighted by Crippen LogP contribution is 2.38. The Balaban J connectivity index is 1.44. The number of nitrogens with zero attached hydrogens (tertiary/aromatic N) is 1. The smallest absolute Gasteiger partial charge is 0.416 e. The molecule has 2 aliphatic rings. The van der Waals surface area contributed by atoms with Gasteiger partial charge >= 0.3 is 12.1 Å². The van der Waals surface area contributed by atoms with Gasteiger partial charge in [0.15, 0.2) is 5.83 Å². The quantitative estimate of drug-likeness (QED) is 0.317. The van der Waals surface area contributed by atoms with Crippen molar-refractivity contribution >= 4 is 5.97 Å². The topological polar surface area (TPSA) is 50.1 Å². The van der Waals surface area contributed by atoms with Gasteiger partial charge in [0.1, 0.15) is 12.2 Å². The summed E-state index contributed by atoms with van der Waals surface area (Å²) in [5.74, 6) is -0.972. The number of rotatable bonds is 4. The van der Waals surface area contributed by atoms with Crippen LogP contribution in [0.2, 0.25) is 0 Å². The fourth-order valence-corrected chi connectivity index (χ4v) is 4.48. The van der Waals surface area contributed by atoms with Gasteiger partial charge in [-0.1, -0.05) is 12.1 Å². The zero-order chi connectivity index (χ0) is 21.7. The predicted molar refractivity (Wildman–Crippen MR) is 103 cm³/mol. The molecule has 0 aliphatic heterocycles. The molecular formula is C23H25F4NO2. The number of carbonyl (C=O) groups excluding carboxylic acids is 1. The molecule has 3 rings (SSSR count). The van der Waals surface area contributed by atoms with Gasteiger partial charge in [0.2, 0.25) is 0 Å². The van der Waals surface area contributed by atoms with Crippen molar-refractivity contribution in [3.05, 3.63) is 47.3 Å². The Kier molecular flexibility index (Phi) is 7.17. The van der Waals surface area contributed by atoms with Gasteiger partial charge in [-0.05, 0) is 87.0 Å². The number of hydrogen-bond acceptors (Lipinski definition) is 3. The van der Waals surface area contributed by atoms with E-state index in [1.807, 2.05) is 0 Å². The lowest BCUT2D eigenvalue weighted by Crippen LogP contribution is -2.29. The van der Waals surface area contributed by atoms with Crippen molar-refractivity contribution in [3.63, 3.8) is 0 Å². The first-order valence-electron chi connectivity index (χ1n) is 10.4. The monoisotopic (exact) mass is 423 g/mol. The number of halogens is 4. The maximum absolute atomic E-state index is 13.1. The molecule has 2 aliphatic carbocycles. The van der Waals surface area contributed by atoms with Crippen LogP contribution in [0, 0.1) is 23.2 Å². The largest absolute Gasteiger partial charge is 0.462 e. The molecule has 3 nitrogen and oxygen atoms in total. The van der Waals surface area contributed by atoms with Crippen molar-refractivity contribution in [2.75, 3.05) is 0 Å². The molecule has 0 unspecified atom stereocenters. The molecule has 0 heterocycles. The summed E-state index contributed by atoms with van der Waals surface area (Å²) < 4.78 is 56.8. The van der Waals surface area contributed by atoms with Crippen molar-refractivity contribution in [1.29, 1.82) is 5.26 Å². The number of alkyl halides is 3. The van der Waals surface area contributed by atoms with Crippen LogP contribution in [0.3, 0.4) is 0 Å². The van der Waals surface area contributed by atoms with Crippen LogP contribution in [0.5, 0.6) is 0 Å². The third kappa shape index (κ3) is 5.84. The molecule has 7 heteroatoms. The highest BCUT2D eigenvalue weighted by molar-refractivity contribution is 5.72. The molecule has 1 aromatic rings. The average molecular weight is 423 g/mol. The molecule has 2 saturated carbocycles. The molecule has 0 atom stereocenters. The van der Waals surface area contributed by atoms with E-state index in [0.717, 1.165) is 30.5 Å². The molecule has 0 bridgehead atoms. The number of hydrogen-bond donors (Lipinski definition) is 0. The van der Waals surface area contributed by atoms with E-state index in [1.54, 1.807) is 0 Å². The molecule has 1 aromatic carbocycles. The number of allylic oxidation sites excluding steroid dienone is 2. The molecule has 0 N–H and O–H groups in total. The molecule has 0 radical (unpaired) electrons. The van der Waals surface area contributed by atoms with Crippen molar-refractivity contribution in [3.8, 4) is 6.07 Å².